The maximum absolute atomic E-state index is 12.7. The first-order valence-corrected chi connectivity index (χ1v) is 12.9. The van der Waals surface area contributed by atoms with Crippen LogP contribution in [0.5, 0.6) is 34.5 Å². The van der Waals surface area contributed by atoms with Gasteiger partial charge >= 0.3 is 5.97 Å². The summed E-state index contributed by atoms with van der Waals surface area (Å²) >= 11 is 0. The van der Waals surface area contributed by atoms with Gasteiger partial charge in [-0.1, -0.05) is 18.2 Å². The van der Waals surface area contributed by atoms with E-state index in [2.05, 4.69) is 0 Å². The molecule has 3 aromatic carbocycles. The molecule has 5 N–H and O–H groups in total. The molecule has 0 unspecified atom stereocenters. The first kappa shape index (κ1) is 29.8. The Labute approximate surface area is 237 Å². The minimum absolute atomic E-state index is 0.0320. The Bertz CT molecular complexity index is 1360. The fraction of sp³-hybridized carbons (Fsp3) is 0.367. The minimum atomic E-state index is -1.26. The summed E-state index contributed by atoms with van der Waals surface area (Å²) in [6.45, 7) is -0.491. The number of phenols is 2. The number of rotatable bonds is 12. The summed E-state index contributed by atoms with van der Waals surface area (Å²) in [5, 5.41) is 51.6. The van der Waals surface area contributed by atoms with Crippen molar-refractivity contribution in [1.82, 2.24) is 0 Å². The van der Waals surface area contributed by atoms with Crippen LogP contribution in [0.4, 0.5) is 0 Å². The van der Waals surface area contributed by atoms with Crippen molar-refractivity contribution in [2.75, 3.05) is 34.5 Å². The van der Waals surface area contributed by atoms with E-state index in [1.807, 2.05) is 0 Å². The van der Waals surface area contributed by atoms with Crippen molar-refractivity contribution in [2.45, 2.75) is 24.7 Å². The minimum Gasteiger partial charge on any atom is -0.504 e. The van der Waals surface area contributed by atoms with E-state index >= 15 is 0 Å². The van der Waals surface area contributed by atoms with Crippen LogP contribution in [-0.4, -0.2) is 72.1 Å². The second-order valence-corrected chi connectivity index (χ2v) is 9.68. The molecule has 220 valence electrons. The number of aliphatic hydroxyl groups is 3. The number of hydrogen-bond acceptors (Lipinski definition) is 11. The number of hydrogen-bond donors (Lipinski definition) is 5. The van der Waals surface area contributed by atoms with E-state index in [1.165, 1.54) is 51.7 Å². The zero-order valence-corrected chi connectivity index (χ0v) is 22.9. The van der Waals surface area contributed by atoms with Crippen LogP contribution >= 0.6 is 0 Å². The van der Waals surface area contributed by atoms with Crippen LogP contribution in [0.25, 0.3) is 0 Å². The molecule has 3 aromatic rings. The summed E-state index contributed by atoms with van der Waals surface area (Å²) in [6, 6.07) is 13.8. The molecular weight excluding hydrogens is 536 g/mol. The van der Waals surface area contributed by atoms with Crippen molar-refractivity contribution in [3.8, 4) is 34.5 Å². The number of benzene rings is 3. The van der Waals surface area contributed by atoms with E-state index in [0.717, 1.165) is 0 Å². The maximum Gasteiger partial charge on any atom is 0.309 e. The van der Waals surface area contributed by atoms with Gasteiger partial charge in [-0.3, -0.25) is 4.79 Å². The molecule has 11 heteroatoms. The van der Waals surface area contributed by atoms with Crippen LogP contribution in [0.1, 0.15) is 28.9 Å². The van der Waals surface area contributed by atoms with Gasteiger partial charge in [-0.25, -0.2) is 0 Å². The van der Waals surface area contributed by atoms with Gasteiger partial charge in [-0.15, -0.1) is 0 Å². The third-order valence-corrected chi connectivity index (χ3v) is 7.23. The Morgan fingerprint density at radius 2 is 1.44 bits per heavy atom. The molecule has 1 fully saturated rings. The topological polar surface area (TPSA) is 164 Å². The second-order valence-electron chi connectivity index (χ2n) is 9.68. The second kappa shape index (κ2) is 13.0. The number of cyclic esters (lactones) is 1. The average Bonchev–Trinajstić information content (AvgIpc) is 3.35. The number of carbonyl (C=O) groups is 1. The lowest BCUT2D eigenvalue weighted by Gasteiger charge is -2.25. The van der Waals surface area contributed by atoms with Crippen molar-refractivity contribution in [3.05, 3.63) is 71.3 Å². The van der Waals surface area contributed by atoms with Crippen molar-refractivity contribution in [3.63, 3.8) is 0 Å². The van der Waals surface area contributed by atoms with Crippen LogP contribution in [0.3, 0.4) is 0 Å². The van der Waals surface area contributed by atoms with E-state index in [-0.39, 0.29) is 41.8 Å². The SMILES string of the molecule is COc1cc([C@@H](O)[C@H]2COC(=O)[C@@H]2Cc2ccc(O[C@H](CO)[C@@H](O)c3ccc(O)c(OC)c3)c(OC)c2)ccc1O. The number of aliphatic hydroxyl groups excluding tert-OH is 3. The fourth-order valence-corrected chi connectivity index (χ4v) is 4.90. The molecule has 0 aliphatic carbocycles. The molecule has 4 rings (SSSR count). The van der Waals surface area contributed by atoms with E-state index in [1.54, 1.807) is 24.3 Å². The zero-order valence-electron chi connectivity index (χ0n) is 22.9. The lowest BCUT2D eigenvalue weighted by atomic mass is 9.83. The Morgan fingerprint density at radius 1 is 0.829 bits per heavy atom. The predicted molar refractivity (Wildman–Crippen MR) is 145 cm³/mol. The smallest absolute Gasteiger partial charge is 0.309 e. The third kappa shape index (κ3) is 6.43. The molecule has 0 aromatic heterocycles. The fourth-order valence-electron chi connectivity index (χ4n) is 4.90. The number of esters is 1. The zero-order chi connectivity index (χ0) is 29.7. The van der Waals surface area contributed by atoms with Crippen LogP contribution in [0.15, 0.2) is 54.6 Å². The van der Waals surface area contributed by atoms with Gasteiger partial charge in [0.05, 0.1) is 46.6 Å². The highest BCUT2D eigenvalue weighted by molar-refractivity contribution is 5.75. The first-order chi connectivity index (χ1) is 19.7. The summed E-state index contributed by atoms with van der Waals surface area (Å²) in [4.78, 5) is 12.7. The van der Waals surface area contributed by atoms with E-state index in [0.29, 0.717) is 22.4 Å². The van der Waals surface area contributed by atoms with Gasteiger partial charge in [0.25, 0.3) is 0 Å². The van der Waals surface area contributed by atoms with Gasteiger partial charge in [0.15, 0.2) is 40.6 Å². The molecule has 0 saturated carbocycles. The normalized spacial score (nSPS) is 18.7. The van der Waals surface area contributed by atoms with Crippen molar-refractivity contribution >= 4 is 5.97 Å². The first-order valence-electron chi connectivity index (χ1n) is 12.9. The quantitative estimate of drug-likeness (QED) is 0.203. The summed E-state index contributed by atoms with van der Waals surface area (Å²) in [5.41, 5.74) is 1.56. The summed E-state index contributed by atoms with van der Waals surface area (Å²) in [7, 11) is 4.23. The number of aromatic hydroxyl groups is 2. The highest BCUT2D eigenvalue weighted by Crippen LogP contribution is 2.40. The highest BCUT2D eigenvalue weighted by atomic mass is 16.5. The average molecular weight is 571 g/mol. The molecule has 0 amide bonds. The van der Waals surface area contributed by atoms with Crippen LogP contribution in [-0.2, 0) is 16.0 Å². The predicted octanol–water partition coefficient (Wildman–Crippen LogP) is 2.66. The highest BCUT2D eigenvalue weighted by Gasteiger charge is 2.42. The molecular formula is C30H34O11. The Balaban J connectivity index is 1.51. The molecule has 11 nitrogen and oxygen atoms in total. The molecule has 0 radical (unpaired) electrons. The number of ether oxygens (including phenoxy) is 5. The van der Waals surface area contributed by atoms with Crippen LogP contribution in [0.2, 0.25) is 0 Å². The standard InChI is InChI=1S/C30H34O11/c1-37-24-12-17(5-7-21(24)32)28(34)20-15-40-30(36)19(20)10-16-4-9-23(26(11-16)39-3)41-27(14-31)29(35)18-6-8-22(33)25(13-18)38-2/h4-9,11-13,19-20,27-29,31-35H,10,14-15H2,1-3H3/t19-,20+,27-,28-,29+/m1/s1. The molecule has 1 heterocycles. The molecule has 5 atom stereocenters. The molecule has 0 spiro atoms. The Hall–Kier alpha value is -4.19. The van der Waals surface area contributed by atoms with Gasteiger partial charge in [0, 0.05) is 5.92 Å². The van der Waals surface area contributed by atoms with Crippen LogP contribution in [0, 0.1) is 11.8 Å². The maximum atomic E-state index is 12.7. The van der Waals surface area contributed by atoms with Gasteiger partial charge in [-0.2, -0.15) is 0 Å². The van der Waals surface area contributed by atoms with E-state index in [4.69, 9.17) is 23.7 Å². The number of phenolic OH excluding ortho intramolecular Hbond substituents is 2. The third-order valence-electron chi connectivity index (χ3n) is 7.23. The van der Waals surface area contributed by atoms with Gasteiger partial charge in [0.2, 0.25) is 0 Å². The summed E-state index contributed by atoms with van der Waals surface area (Å²) in [5.74, 6) is -0.861. The van der Waals surface area contributed by atoms with Crippen molar-refractivity contribution in [1.29, 1.82) is 0 Å². The molecule has 0 bridgehead atoms. The van der Waals surface area contributed by atoms with Crippen molar-refractivity contribution < 1.29 is 54.0 Å². The lowest BCUT2D eigenvalue weighted by Crippen LogP contribution is -2.29. The number of carbonyl (C=O) groups excluding carboxylic acids is 1. The van der Waals surface area contributed by atoms with E-state index < -0.39 is 42.7 Å². The molecule has 41 heavy (non-hydrogen) atoms. The molecule has 1 aliphatic rings. The monoisotopic (exact) mass is 570 g/mol. The van der Waals surface area contributed by atoms with Gasteiger partial charge in [-0.05, 0) is 59.5 Å². The van der Waals surface area contributed by atoms with Gasteiger partial charge < -0.3 is 49.2 Å². The van der Waals surface area contributed by atoms with Gasteiger partial charge in [0.1, 0.15) is 6.10 Å². The number of methoxy groups -OCH3 is 3. The molecule has 1 saturated heterocycles. The van der Waals surface area contributed by atoms with E-state index in [9.17, 15) is 30.3 Å². The molecule has 1 aliphatic heterocycles. The lowest BCUT2D eigenvalue weighted by molar-refractivity contribution is -0.141. The Kier molecular flexibility index (Phi) is 9.43. The summed E-state index contributed by atoms with van der Waals surface area (Å²) < 4.78 is 26.9. The van der Waals surface area contributed by atoms with Crippen LogP contribution < -0.4 is 18.9 Å². The largest absolute Gasteiger partial charge is 0.504 e. The summed E-state index contributed by atoms with van der Waals surface area (Å²) in [6.07, 6.45) is -3.13. The Morgan fingerprint density at radius 3 is 2.05 bits per heavy atom. The van der Waals surface area contributed by atoms with Crippen molar-refractivity contribution in [2.24, 2.45) is 11.8 Å².